The molecule has 2 N–H and O–H groups in total. The van der Waals surface area contributed by atoms with Gasteiger partial charge in [-0.2, -0.15) is 4.98 Å². The number of aliphatic hydroxyl groups is 1. The van der Waals surface area contributed by atoms with Gasteiger partial charge in [0.1, 0.15) is 5.56 Å². The zero-order valence-corrected chi connectivity index (χ0v) is 21.7. The normalized spacial score (nSPS) is 21.1. The summed E-state index contributed by atoms with van der Waals surface area (Å²) >= 11 is 12.6. The van der Waals surface area contributed by atoms with Gasteiger partial charge in [-0.25, -0.2) is 4.98 Å². The summed E-state index contributed by atoms with van der Waals surface area (Å²) < 4.78 is 5.77. The number of halogens is 2. The van der Waals surface area contributed by atoms with E-state index in [1.807, 2.05) is 18.2 Å². The third-order valence-corrected chi connectivity index (χ3v) is 8.07. The molecular weight excluding hydrogens is 515 g/mol. The molecule has 0 aliphatic carbocycles. The van der Waals surface area contributed by atoms with Gasteiger partial charge < -0.3 is 20.1 Å². The second kappa shape index (κ2) is 9.64. The molecule has 192 valence electrons. The van der Waals surface area contributed by atoms with Crippen molar-refractivity contribution >= 4 is 52.1 Å². The van der Waals surface area contributed by atoms with Gasteiger partial charge in [0.25, 0.3) is 5.91 Å². The Morgan fingerprint density at radius 2 is 1.86 bits per heavy atom. The van der Waals surface area contributed by atoms with Crippen molar-refractivity contribution in [2.75, 3.05) is 42.0 Å². The molecule has 2 atom stereocenters. The number of fused-ring (bicyclic) bond motifs is 3. The van der Waals surface area contributed by atoms with Crippen LogP contribution in [0.25, 0.3) is 0 Å². The van der Waals surface area contributed by atoms with Crippen LogP contribution in [-0.2, 0) is 6.61 Å². The molecule has 2 unspecified atom stereocenters. The van der Waals surface area contributed by atoms with Crippen molar-refractivity contribution in [3.63, 3.8) is 0 Å². The van der Waals surface area contributed by atoms with E-state index in [9.17, 15) is 9.90 Å². The molecule has 3 aromatic rings. The minimum absolute atomic E-state index is 0.0738. The molecule has 37 heavy (non-hydrogen) atoms. The molecule has 6 rings (SSSR count). The lowest BCUT2D eigenvalue weighted by Gasteiger charge is -2.40. The van der Waals surface area contributed by atoms with Crippen LogP contribution in [0.5, 0.6) is 5.88 Å². The van der Waals surface area contributed by atoms with Gasteiger partial charge in [0.05, 0.1) is 22.3 Å². The van der Waals surface area contributed by atoms with Crippen LogP contribution in [0.4, 0.5) is 23.0 Å². The van der Waals surface area contributed by atoms with Crippen molar-refractivity contribution < 1.29 is 14.6 Å². The second-order valence-corrected chi connectivity index (χ2v) is 10.4. The number of amides is 1. The Kier molecular flexibility index (Phi) is 6.32. The van der Waals surface area contributed by atoms with Gasteiger partial charge in [-0.1, -0.05) is 29.3 Å². The number of benzene rings is 2. The number of nitrogens with zero attached hydrogens (tertiary/aromatic N) is 5. The van der Waals surface area contributed by atoms with Crippen molar-refractivity contribution in [1.29, 1.82) is 0 Å². The standard InChI is InChI=1S/C26H26Cl2N6O3/c1-32-17-6-7-18(32)12-33(11-17)22-8-5-16(9-15(22)13-35)30-26-29-10-19-24(31-26)37-14-34(25(19)36)23-20(27)3-2-4-21(23)28/h2-5,8-10,17-18,35H,6-7,11-14H2,1H3,(H,29,30,31). The number of rotatable bonds is 5. The first kappa shape index (κ1) is 24.2. The van der Waals surface area contributed by atoms with Crippen LogP contribution in [-0.4, -0.2) is 64.8 Å². The number of hydrogen-bond donors (Lipinski definition) is 2. The molecule has 0 spiro atoms. The van der Waals surface area contributed by atoms with E-state index in [0.29, 0.717) is 27.8 Å². The highest BCUT2D eigenvalue weighted by Gasteiger charge is 2.38. The fraction of sp³-hybridized carbons (Fsp3) is 0.346. The van der Waals surface area contributed by atoms with E-state index in [-0.39, 0.29) is 36.6 Å². The van der Waals surface area contributed by atoms with Gasteiger partial charge >= 0.3 is 0 Å². The average Bonchev–Trinajstić information content (AvgIpc) is 3.09. The lowest BCUT2D eigenvalue weighted by Crippen LogP contribution is -2.52. The summed E-state index contributed by atoms with van der Waals surface area (Å²) in [7, 11) is 2.21. The van der Waals surface area contributed by atoms with Gasteiger partial charge in [0, 0.05) is 48.3 Å². The summed E-state index contributed by atoms with van der Waals surface area (Å²) in [5.74, 6) is 0.106. The number of ether oxygens (including phenoxy) is 1. The molecule has 2 bridgehead atoms. The second-order valence-electron chi connectivity index (χ2n) is 9.57. The van der Waals surface area contributed by atoms with E-state index < -0.39 is 0 Å². The monoisotopic (exact) mass is 540 g/mol. The van der Waals surface area contributed by atoms with Gasteiger partial charge in [0.2, 0.25) is 11.8 Å². The number of piperazine rings is 1. The van der Waals surface area contributed by atoms with Gasteiger partial charge in [-0.15, -0.1) is 0 Å². The molecule has 2 fully saturated rings. The van der Waals surface area contributed by atoms with Gasteiger partial charge in [0.15, 0.2) is 6.73 Å². The maximum atomic E-state index is 13.1. The van der Waals surface area contributed by atoms with Crippen molar-refractivity contribution in [2.24, 2.45) is 0 Å². The number of anilines is 4. The fourth-order valence-corrected chi connectivity index (χ4v) is 6.07. The third-order valence-electron chi connectivity index (χ3n) is 7.46. The number of carbonyl (C=O) groups excluding carboxylic acids is 1. The predicted molar refractivity (Wildman–Crippen MR) is 143 cm³/mol. The smallest absolute Gasteiger partial charge is 0.268 e. The first-order valence-electron chi connectivity index (χ1n) is 12.2. The van der Waals surface area contributed by atoms with Crippen LogP contribution >= 0.6 is 23.2 Å². The molecule has 4 heterocycles. The lowest BCUT2D eigenvalue weighted by molar-refractivity contribution is 0.0932. The Bertz CT molecular complexity index is 1340. The molecule has 1 aromatic heterocycles. The number of likely N-dealkylation sites (N-methyl/N-ethyl adjacent to an activating group) is 1. The van der Waals surface area contributed by atoms with Crippen LogP contribution < -0.4 is 19.9 Å². The summed E-state index contributed by atoms with van der Waals surface area (Å²) in [4.78, 5) is 28.1. The molecule has 2 aromatic carbocycles. The largest absolute Gasteiger partial charge is 0.455 e. The molecule has 1 amide bonds. The Morgan fingerprint density at radius 1 is 1.14 bits per heavy atom. The molecule has 3 aliphatic heterocycles. The van der Waals surface area contributed by atoms with Crippen LogP contribution in [0.2, 0.25) is 10.0 Å². The Labute approximate surface area is 224 Å². The van der Waals surface area contributed by atoms with Gasteiger partial charge in [-0.3, -0.25) is 14.6 Å². The molecular formula is C26H26Cl2N6O3. The Balaban J connectivity index is 1.21. The number of carbonyl (C=O) groups is 1. The fourth-order valence-electron chi connectivity index (χ4n) is 5.46. The van der Waals surface area contributed by atoms with E-state index in [0.717, 1.165) is 30.0 Å². The maximum absolute atomic E-state index is 13.1. The minimum Gasteiger partial charge on any atom is -0.455 e. The topological polar surface area (TPSA) is 94.1 Å². The number of aromatic nitrogens is 2. The minimum atomic E-state index is -0.351. The van der Waals surface area contributed by atoms with E-state index in [4.69, 9.17) is 27.9 Å². The highest BCUT2D eigenvalue weighted by Crippen LogP contribution is 2.37. The summed E-state index contributed by atoms with van der Waals surface area (Å²) in [6.45, 7) is 1.77. The highest BCUT2D eigenvalue weighted by molar-refractivity contribution is 6.40. The summed E-state index contributed by atoms with van der Waals surface area (Å²) in [5, 5.41) is 14.0. The zero-order chi connectivity index (χ0) is 25.7. The predicted octanol–water partition coefficient (Wildman–Crippen LogP) is 4.30. The average molecular weight is 541 g/mol. The summed E-state index contributed by atoms with van der Waals surface area (Å²) in [6, 6.07) is 12.0. The number of para-hydroxylation sites is 1. The van der Waals surface area contributed by atoms with Gasteiger partial charge in [-0.05, 0) is 50.2 Å². The van der Waals surface area contributed by atoms with Crippen LogP contribution in [0.1, 0.15) is 28.8 Å². The first-order chi connectivity index (χ1) is 17.9. The Hall–Kier alpha value is -3.11. The molecule has 11 heteroatoms. The van der Waals surface area contributed by atoms with Crippen molar-refractivity contribution in [2.45, 2.75) is 31.5 Å². The lowest BCUT2D eigenvalue weighted by atomic mass is 10.1. The van der Waals surface area contributed by atoms with E-state index >= 15 is 0 Å². The van der Waals surface area contributed by atoms with E-state index in [1.54, 1.807) is 18.2 Å². The summed E-state index contributed by atoms with van der Waals surface area (Å²) in [5.41, 5.74) is 3.22. The quantitative estimate of drug-likeness (QED) is 0.494. The SMILES string of the molecule is CN1C2CCC1CN(c1ccc(Nc3ncc4c(n3)OCN(c3c(Cl)cccc3Cl)C4=O)cc1CO)C2. The van der Waals surface area contributed by atoms with E-state index in [1.165, 1.54) is 23.9 Å². The first-order valence-corrected chi connectivity index (χ1v) is 12.9. The number of nitrogens with one attached hydrogen (secondary N) is 1. The Morgan fingerprint density at radius 3 is 2.57 bits per heavy atom. The van der Waals surface area contributed by atoms with Crippen LogP contribution in [0, 0.1) is 0 Å². The third kappa shape index (κ3) is 4.35. The maximum Gasteiger partial charge on any atom is 0.268 e. The van der Waals surface area contributed by atoms with Crippen LogP contribution in [0.15, 0.2) is 42.6 Å². The molecule has 0 saturated carbocycles. The van der Waals surface area contributed by atoms with Crippen molar-refractivity contribution in [3.8, 4) is 5.88 Å². The molecule has 0 radical (unpaired) electrons. The zero-order valence-electron chi connectivity index (χ0n) is 20.2. The molecule has 3 aliphatic rings. The number of hydrogen-bond acceptors (Lipinski definition) is 8. The van der Waals surface area contributed by atoms with Crippen molar-refractivity contribution in [3.05, 3.63) is 63.8 Å². The van der Waals surface area contributed by atoms with Crippen molar-refractivity contribution in [1.82, 2.24) is 14.9 Å². The van der Waals surface area contributed by atoms with E-state index in [2.05, 4.69) is 32.1 Å². The van der Waals surface area contributed by atoms with Crippen LogP contribution in [0.3, 0.4) is 0 Å². The molecule has 9 nitrogen and oxygen atoms in total. The summed E-state index contributed by atoms with van der Waals surface area (Å²) in [6.07, 6.45) is 3.86. The highest BCUT2D eigenvalue weighted by atomic mass is 35.5. The number of aliphatic hydroxyl groups excluding tert-OH is 1. The molecule has 2 saturated heterocycles.